The van der Waals surface area contributed by atoms with Crippen LogP contribution in [0.4, 0.5) is 0 Å². The zero-order valence-electron chi connectivity index (χ0n) is 16.2. The molecule has 0 saturated heterocycles. The van der Waals surface area contributed by atoms with Crippen LogP contribution in [0.15, 0.2) is 82.4 Å². The minimum Gasteiger partial charge on any atom is -0.483 e. The number of nitrogens with one attached hydrogen (secondary N) is 1. The molecule has 3 aromatic rings. The first kappa shape index (κ1) is 21.3. The molecule has 30 heavy (non-hydrogen) atoms. The Morgan fingerprint density at radius 1 is 1.00 bits per heavy atom. The van der Waals surface area contributed by atoms with Crippen molar-refractivity contribution >= 4 is 34.0 Å². The SMILES string of the molecule is Cc1ccccc1OCC(=O)NN=Cc1ccc(OC(=O)c2ccccc2Br)cc1. The van der Waals surface area contributed by atoms with E-state index in [1.165, 1.54) is 6.21 Å². The van der Waals surface area contributed by atoms with Crippen LogP contribution in [0.3, 0.4) is 0 Å². The lowest BCUT2D eigenvalue weighted by molar-refractivity contribution is -0.123. The molecule has 1 amide bonds. The Morgan fingerprint density at radius 3 is 2.43 bits per heavy atom. The lowest BCUT2D eigenvalue weighted by Crippen LogP contribution is -2.24. The second-order valence-corrected chi connectivity index (χ2v) is 7.14. The topological polar surface area (TPSA) is 77.0 Å². The van der Waals surface area contributed by atoms with Crippen molar-refractivity contribution in [2.45, 2.75) is 6.92 Å². The van der Waals surface area contributed by atoms with E-state index in [-0.39, 0.29) is 12.5 Å². The number of para-hydroxylation sites is 1. The number of carbonyl (C=O) groups is 2. The molecule has 0 radical (unpaired) electrons. The predicted octanol–water partition coefficient (Wildman–Crippen LogP) is 4.51. The van der Waals surface area contributed by atoms with Crippen LogP contribution in [0, 0.1) is 6.92 Å². The molecular weight excluding hydrogens is 448 g/mol. The van der Waals surface area contributed by atoms with E-state index in [0.717, 1.165) is 11.1 Å². The van der Waals surface area contributed by atoms with Crippen molar-refractivity contribution < 1.29 is 19.1 Å². The van der Waals surface area contributed by atoms with Crippen LogP contribution < -0.4 is 14.9 Å². The molecule has 0 bridgehead atoms. The second kappa shape index (κ2) is 10.4. The molecule has 7 heteroatoms. The van der Waals surface area contributed by atoms with E-state index in [2.05, 4.69) is 26.5 Å². The third-order valence-corrected chi connectivity index (χ3v) is 4.73. The Bertz CT molecular complexity index is 1060. The Morgan fingerprint density at radius 2 is 1.70 bits per heavy atom. The first-order valence-corrected chi connectivity index (χ1v) is 9.89. The summed E-state index contributed by atoms with van der Waals surface area (Å²) in [5, 5.41) is 3.91. The van der Waals surface area contributed by atoms with Gasteiger partial charge in [-0.1, -0.05) is 30.3 Å². The zero-order valence-corrected chi connectivity index (χ0v) is 17.8. The van der Waals surface area contributed by atoms with Crippen LogP contribution in [-0.4, -0.2) is 24.7 Å². The molecule has 0 saturated carbocycles. The number of hydrogen-bond acceptors (Lipinski definition) is 5. The van der Waals surface area contributed by atoms with Crippen molar-refractivity contribution in [3.63, 3.8) is 0 Å². The first-order chi connectivity index (χ1) is 14.5. The Balaban J connectivity index is 1.48. The summed E-state index contributed by atoms with van der Waals surface area (Å²) in [7, 11) is 0. The van der Waals surface area contributed by atoms with Crippen LogP contribution in [0.5, 0.6) is 11.5 Å². The summed E-state index contributed by atoms with van der Waals surface area (Å²) in [5.41, 5.74) is 4.54. The summed E-state index contributed by atoms with van der Waals surface area (Å²) in [4.78, 5) is 24.1. The molecule has 1 N–H and O–H groups in total. The minimum atomic E-state index is -0.454. The summed E-state index contributed by atoms with van der Waals surface area (Å²) < 4.78 is 11.5. The molecule has 3 rings (SSSR count). The lowest BCUT2D eigenvalue weighted by Gasteiger charge is -2.07. The van der Waals surface area contributed by atoms with Crippen molar-refractivity contribution in [1.82, 2.24) is 5.43 Å². The van der Waals surface area contributed by atoms with Gasteiger partial charge in [0.15, 0.2) is 6.61 Å². The van der Waals surface area contributed by atoms with Crippen LogP contribution in [0.25, 0.3) is 0 Å². The quantitative estimate of drug-likeness (QED) is 0.240. The van der Waals surface area contributed by atoms with E-state index < -0.39 is 5.97 Å². The minimum absolute atomic E-state index is 0.133. The Kier molecular flexibility index (Phi) is 7.34. The molecule has 0 aliphatic rings. The maximum absolute atomic E-state index is 12.2. The third kappa shape index (κ3) is 6.02. The fraction of sp³-hybridized carbons (Fsp3) is 0.0870. The summed E-state index contributed by atoms with van der Waals surface area (Å²) in [6, 6.07) is 21.3. The van der Waals surface area contributed by atoms with Gasteiger partial charge in [0, 0.05) is 4.47 Å². The van der Waals surface area contributed by atoms with Crippen LogP contribution in [0.2, 0.25) is 0 Å². The molecule has 3 aromatic carbocycles. The number of rotatable bonds is 7. The smallest absolute Gasteiger partial charge is 0.344 e. The van der Waals surface area contributed by atoms with Gasteiger partial charge in [0.1, 0.15) is 11.5 Å². The largest absolute Gasteiger partial charge is 0.483 e. The normalized spacial score (nSPS) is 10.6. The van der Waals surface area contributed by atoms with Crippen molar-refractivity contribution in [2.75, 3.05) is 6.61 Å². The van der Waals surface area contributed by atoms with E-state index in [9.17, 15) is 9.59 Å². The van der Waals surface area contributed by atoms with Gasteiger partial charge in [0.05, 0.1) is 11.8 Å². The highest BCUT2D eigenvalue weighted by atomic mass is 79.9. The number of esters is 1. The van der Waals surface area contributed by atoms with Gasteiger partial charge in [0.2, 0.25) is 0 Å². The molecule has 0 aliphatic heterocycles. The monoisotopic (exact) mass is 466 g/mol. The van der Waals surface area contributed by atoms with Gasteiger partial charge in [-0.3, -0.25) is 4.79 Å². The average molecular weight is 467 g/mol. The molecule has 0 aliphatic carbocycles. The molecule has 0 heterocycles. The van der Waals surface area contributed by atoms with Gasteiger partial charge in [-0.25, -0.2) is 10.2 Å². The predicted molar refractivity (Wildman–Crippen MR) is 118 cm³/mol. The maximum Gasteiger partial charge on any atom is 0.344 e. The average Bonchev–Trinajstić information content (AvgIpc) is 2.74. The highest BCUT2D eigenvalue weighted by Gasteiger charge is 2.11. The molecule has 0 unspecified atom stereocenters. The fourth-order valence-corrected chi connectivity index (χ4v) is 2.93. The van der Waals surface area contributed by atoms with E-state index in [4.69, 9.17) is 9.47 Å². The number of halogens is 1. The number of hydrogen-bond donors (Lipinski definition) is 1. The Labute approximate surface area is 182 Å². The first-order valence-electron chi connectivity index (χ1n) is 9.10. The lowest BCUT2D eigenvalue weighted by atomic mass is 10.2. The van der Waals surface area contributed by atoms with Crippen molar-refractivity contribution in [3.8, 4) is 11.5 Å². The highest BCUT2D eigenvalue weighted by molar-refractivity contribution is 9.10. The summed E-state index contributed by atoms with van der Waals surface area (Å²) in [6.45, 7) is 1.77. The molecule has 0 fully saturated rings. The summed E-state index contributed by atoms with van der Waals surface area (Å²) in [5.74, 6) is 0.242. The Hall–Kier alpha value is -3.45. The zero-order chi connectivity index (χ0) is 21.3. The molecule has 152 valence electrons. The molecular formula is C23H19BrN2O4. The van der Waals surface area contributed by atoms with Gasteiger partial charge in [-0.05, 0) is 76.4 Å². The van der Waals surface area contributed by atoms with E-state index >= 15 is 0 Å². The summed E-state index contributed by atoms with van der Waals surface area (Å²) >= 11 is 3.33. The molecule has 6 nitrogen and oxygen atoms in total. The van der Waals surface area contributed by atoms with Gasteiger partial charge < -0.3 is 9.47 Å². The molecule has 0 atom stereocenters. The number of benzene rings is 3. The number of amides is 1. The molecule has 0 aromatic heterocycles. The fourth-order valence-electron chi connectivity index (χ4n) is 2.48. The van der Waals surface area contributed by atoms with Crippen LogP contribution in [0.1, 0.15) is 21.5 Å². The second-order valence-electron chi connectivity index (χ2n) is 6.29. The summed E-state index contributed by atoms with van der Waals surface area (Å²) in [6.07, 6.45) is 1.49. The van der Waals surface area contributed by atoms with Crippen molar-refractivity contribution in [1.29, 1.82) is 0 Å². The van der Waals surface area contributed by atoms with Gasteiger partial charge in [0.25, 0.3) is 5.91 Å². The van der Waals surface area contributed by atoms with Crippen LogP contribution >= 0.6 is 15.9 Å². The van der Waals surface area contributed by atoms with E-state index in [1.807, 2.05) is 31.2 Å². The highest BCUT2D eigenvalue weighted by Crippen LogP contribution is 2.19. The van der Waals surface area contributed by atoms with E-state index in [0.29, 0.717) is 21.5 Å². The number of carbonyl (C=O) groups excluding carboxylic acids is 2. The van der Waals surface area contributed by atoms with Crippen LogP contribution in [-0.2, 0) is 4.79 Å². The van der Waals surface area contributed by atoms with E-state index in [1.54, 1.807) is 48.5 Å². The van der Waals surface area contributed by atoms with Gasteiger partial charge in [-0.15, -0.1) is 0 Å². The standard InChI is InChI=1S/C23H19BrN2O4/c1-16-6-2-5-9-21(16)29-15-22(27)26-25-14-17-10-12-18(13-11-17)30-23(28)19-7-3-4-8-20(19)24/h2-14H,15H2,1H3,(H,26,27). The van der Waals surface area contributed by atoms with Crippen molar-refractivity contribution in [2.24, 2.45) is 5.10 Å². The van der Waals surface area contributed by atoms with Gasteiger partial charge in [-0.2, -0.15) is 5.10 Å². The third-order valence-electron chi connectivity index (χ3n) is 4.04. The number of ether oxygens (including phenoxy) is 2. The maximum atomic E-state index is 12.2. The number of nitrogens with zero attached hydrogens (tertiary/aromatic N) is 1. The molecule has 0 spiro atoms. The number of hydrazone groups is 1. The van der Waals surface area contributed by atoms with Crippen molar-refractivity contribution in [3.05, 3.63) is 94.0 Å². The van der Waals surface area contributed by atoms with Gasteiger partial charge >= 0.3 is 5.97 Å². The number of aryl methyl sites for hydroxylation is 1.